The molecular weight excluding hydrogens is 428 g/mol. The minimum absolute atomic E-state index is 0.236. The van der Waals surface area contributed by atoms with Crippen LogP contribution in [0.15, 0.2) is 59.8 Å². The summed E-state index contributed by atoms with van der Waals surface area (Å²) in [5.41, 5.74) is 8.04. The van der Waals surface area contributed by atoms with Crippen molar-refractivity contribution in [2.24, 2.45) is 0 Å². The highest BCUT2D eigenvalue weighted by Gasteiger charge is 2.21. The number of nitrogen functional groups attached to an aromatic ring is 1. The molecule has 1 aromatic heterocycles. The SMILES string of the molecule is CCOc1ccc(Nc2ncnc(Nc3ccc(S(=O)(=O)N(CC)CC)cc3)c2N)cc1. The van der Waals surface area contributed by atoms with Crippen molar-refractivity contribution in [1.29, 1.82) is 0 Å². The van der Waals surface area contributed by atoms with Gasteiger partial charge in [0, 0.05) is 24.5 Å². The molecule has 3 aromatic rings. The topological polar surface area (TPSA) is 122 Å². The van der Waals surface area contributed by atoms with Crippen LogP contribution in [0.4, 0.5) is 28.7 Å². The molecular formula is C22H28N6O3S. The summed E-state index contributed by atoms with van der Waals surface area (Å²) in [6, 6.07) is 13.9. The molecule has 10 heteroatoms. The summed E-state index contributed by atoms with van der Waals surface area (Å²) in [6.45, 7) is 6.99. The fourth-order valence-electron chi connectivity index (χ4n) is 3.09. The fourth-order valence-corrected chi connectivity index (χ4v) is 4.55. The molecule has 0 aliphatic carbocycles. The Labute approximate surface area is 188 Å². The second-order valence-electron chi connectivity index (χ2n) is 6.81. The maximum absolute atomic E-state index is 12.6. The summed E-state index contributed by atoms with van der Waals surface area (Å²) >= 11 is 0. The number of nitrogens with one attached hydrogen (secondary N) is 2. The maximum atomic E-state index is 12.6. The lowest BCUT2D eigenvalue weighted by Gasteiger charge is -2.18. The van der Waals surface area contributed by atoms with Gasteiger partial charge in [-0.2, -0.15) is 4.31 Å². The van der Waals surface area contributed by atoms with Gasteiger partial charge in [0.25, 0.3) is 0 Å². The van der Waals surface area contributed by atoms with Crippen molar-refractivity contribution in [3.05, 3.63) is 54.9 Å². The maximum Gasteiger partial charge on any atom is 0.243 e. The molecule has 0 spiro atoms. The largest absolute Gasteiger partial charge is 0.494 e. The van der Waals surface area contributed by atoms with Crippen LogP contribution in [0.5, 0.6) is 5.75 Å². The second kappa shape index (κ2) is 10.3. The Morgan fingerprint density at radius 1 is 0.875 bits per heavy atom. The second-order valence-corrected chi connectivity index (χ2v) is 8.74. The number of benzene rings is 2. The minimum atomic E-state index is -3.51. The van der Waals surface area contributed by atoms with Gasteiger partial charge in [-0.25, -0.2) is 18.4 Å². The molecule has 0 aliphatic rings. The van der Waals surface area contributed by atoms with Gasteiger partial charge in [0.15, 0.2) is 11.6 Å². The first-order valence-corrected chi connectivity index (χ1v) is 11.8. The van der Waals surface area contributed by atoms with Crippen molar-refractivity contribution in [3.8, 4) is 5.75 Å². The normalized spacial score (nSPS) is 11.4. The summed E-state index contributed by atoms with van der Waals surface area (Å²) in [7, 11) is -3.51. The van der Waals surface area contributed by atoms with Crippen LogP contribution in [0.2, 0.25) is 0 Å². The van der Waals surface area contributed by atoms with E-state index in [4.69, 9.17) is 10.5 Å². The van der Waals surface area contributed by atoms with Crippen LogP contribution in [0.3, 0.4) is 0 Å². The monoisotopic (exact) mass is 456 g/mol. The highest BCUT2D eigenvalue weighted by atomic mass is 32.2. The Hall–Kier alpha value is -3.37. The van der Waals surface area contributed by atoms with E-state index in [9.17, 15) is 8.42 Å². The van der Waals surface area contributed by atoms with Crippen LogP contribution in [0, 0.1) is 0 Å². The van der Waals surface area contributed by atoms with Gasteiger partial charge in [0.2, 0.25) is 10.0 Å². The minimum Gasteiger partial charge on any atom is -0.494 e. The van der Waals surface area contributed by atoms with Gasteiger partial charge in [-0.3, -0.25) is 0 Å². The molecule has 0 fully saturated rings. The van der Waals surface area contributed by atoms with Gasteiger partial charge in [0.05, 0.1) is 11.5 Å². The lowest BCUT2D eigenvalue weighted by atomic mass is 10.3. The number of nitrogens with two attached hydrogens (primary N) is 1. The quantitative estimate of drug-likeness (QED) is 0.419. The third-order valence-electron chi connectivity index (χ3n) is 4.77. The Morgan fingerprint density at radius 2 is 1.38 bits per heavy atom. The average Bonchev–Trinajstić information content (AvgIpc) is 2.79. The van der Waals surface area contributed by atoms with E-state index in [1.807, 2.05) is 45.0 Å². The lowest BCUT2D eigenvalue weighted by Crippen LogP contribution is -2.30. The Balaban J connectivity index is 1.76. The number of rotatable bonds is 10. The number of ether oxygens (including phenoxy) is 1. The first-order chi connectivity index (χ1) is 15.4. The van der Waals surface area contributed by atoms with Crippen molar-refractivity contribution in [2.45, 2.75) is 25.7 Å². The van der Waals surface area contributed by atoms with Gasteiger partial charge in [-0.1, -0.05) is 13.8 Å². The number of sulfonamides is 1. The summed E-state index contributed by atoms with van der Waals surface area (Å²) < 4.78 is 32.1. The van der Waals surface area contributed by atoms with Crippen LogP contribution >= 0.6 is 0 Å². The highest BCUT2D eigenvalue weighted by Crippen LogP contribution is 2.29. The van der Waals surface area contributed by atoms with Crippen molar-refractivity contribution in [2.75, 3.05) is 36.1 Å². The summed E-state index contributed by atoms with van der Waals surface area (Å²) in [6.07, 6.45) is 1.40. The van der Waals surface area contributed by atoms with Crippen molar-refractivity contribution < 1.29 is 13.2 Å². The van der Waals surface area contributed by atoms with Crippen LogP contribution in [-0.2, 0) is 10.0 Å². The molecule has 9 nitrogen and oxygen atoms in total. The molecule has 0 atom stereocenters. The van der Waals surface area contributed by atoms with Gasteiger partial charge in [-0.15, -0.1) is 0 Å². The van der Waals surface area contributed by atoms with Crippen molar-refractivity contribution in [1.82, 2.24) is 14.3 Å². The number of anilines is 5. The van der Waals surface area contributed by atoms with Gasteiger partial charge in [-0.05, 0) is 55.5 Å². The molecule has 0 saturated heterocycles. The summed E-state index contributed by atoms with van der Waals surface area (Å²) in [5.74, 6) is 1.64. The molecule has 3 rings (SSSR count). The van der Waals surface area contributed by atoms with Crippen molar-refractivity contribution in [3.63, 3.8) is 0 Å². The zero-order chi connectivity index (χ0) is 23.1. The van der Waals surface area contributed by atoms with Crippen LogP contribution in [0.1, 0.15) is 20.8 Å². The number of hydrogen-bond donors (Lipinski definition) is 3. The smallest absolute Gasteiger partial charge is 0.243 e. The van der Waals surface area contributed by atoms with Crippen LogP contribution in [-0.4, -0.2) is 42.4 Å². The molecule has 0 unspecified atom stereocenters. The van der Waals surface area contributed by atoms with E-state index in [2.05, 4.69) is 20.6 Å². The lowest BCUT2D eigenvalue weighted by molar-refractivity contribution is 0.340. The predicted molar refractivity (Wildman–Crippen MR) is 127 cm³/mol. The summed E-state index contributed by atoms with van der Waals surface area (Å²) in [4.78, 5) is 8.66. The molecule has 0 aliphatic heterocycles. The fraction of sp³-hybridized carbons (Fsp3) is 0.273. The van der Waals surface area contributed by atoms with E-state index in [-0.39, 0.29) is 4.90 Å². The first kappa shape index (κ1) is 23.3. The highest BCUT2D eigenvalue weighted by molar-refractivity contribution is 7.89. The zero-order valence-electron chi connectivity index (χ0n) is 18.4. The molecule has 0 saturated carbocycles. The third kappa shape index (κ3) is 5.27. The van der Waals surface area contributed by atoms with E-state index in [1.54, 1.807) is 24.3 Å². The standard InChI is InChI=1S/C22H28N6O3S/c1-4-28(5-2)32(29,30)19-13-9-17(10-14-19)27-22-20(23)21(24-15-25-22)26-16-7-11-18(12-8-16)31-6-3/h7-15H,4-6,23H2,1-3H3,(H2,24,25,26,27). The van der Waals surface area contributed by atoms with Gasteiger partial charge in [0.1, 0.15) is 17.8 Å². The molecule has 2 aromatic carbocycles. The predicted octanol–water partition coefficient (Wildman–Crippen LogP) is 3.98. The molecule has 1 heterocycles. The first-order valence-electron chi connectivity index (χ1n) is 10.4. The van der Waals surface area contributed by atoms with E-state index in [0.717, 1.165) is 11.4 Å². The Bertz CT molecular complexity index is 1130. The van der Waals surface area contributed by atoms with Crippen LogP contribution in [0.25, 0.3) is 0 Å². The van der Waals surface area contributed by atoms with E-state index < -0.39 is 10.0 Å². The van der Waals surface area contributed by atoms with Crippen molar-refractivity contribution >= 4 is 38.7 Å². The van der Waals surface area contributed by atoms with E-state index in [1.165, 1.54) is 10.6 Å². The molecule has 4 N–H and O–H groups in total. The molecule has 32 heavy (non-hydrogen) atoms. The summed E-state index contributed by atoms with van der Waals surface area (Å²) in [5, 5.41) is 6.28. The van der Waals surface area contributed by atoms with Crippen LogP contribution < -0.4 is 21.1 Å². The Kier molecular flexibility index (Phi) is 7.49. The van der Waals surface area contributed by atoms with E-state index in [0.29, 0.717) is 42.7 Å². The van der Waals surface area contributed by atoms with E-state index >= 15 is 0 Å². The van der Waals surface area contributed by atoms with Gasteiger partial charge >= 0.3 is 0 Å². The average molecular weight is 457 g/mol. The van der Waals surface area contributed by atoms with Gasteiger partial charge < -0.3 is 21.1 Å². The number of hydrogen-bond acceptors (Lipinski definition) is 8. The molecule has 170 valence electrons. The molecule has 0 bridgehead atoms. The molecule has 0 amide bonds. The number of nitrogens with zero attached hydrogens (tertiary/aromatic N) is 3. The number of aromatic nitrogens is 2. The Morgan fingerprint density at radius 3 is 1.84 bits per heavy atom. The third-order valence-corrected chi connectivity index (χ3v) is 6.84. The zero-order valence-corrected chi connectivity index (χ0v) is 19.2. The molecule has 0 radical (unpaired) electrons.